The maximum Gasteiger partial charge on any atom is 0.150 e. The van der Waals surface area contributed by atoms with E-state index in [2.05, 4.69) is 45.1 Å². The van der Waals surface area contributed by atoms with Crippen molar-refractivity contribution in [3.05, 3.63) is 47.0 Å². The largest absolute Gasteiger partial charge is 0.454 e. The molecule has 0 aliphatic heterocycles. The van der Waals surface area contributed by atoms with E-state index in [9.17, 15) is 0 Å². The van der Waals surface area contributed by atoms with Gasteiger partial charge < -0.3 is 10.1 Å². The number of ether oxygens (including phenoxy) is 1. The summed E-state index contributed by atoms with van der Waals surface area (Å²) in [6.07, 6.45) is 6.91. The van der Waals surface area contributed by atoms with E-state index in [1.54, 1.807) is 24.8 Å². The molecule has 2 heterocycles. The van der Waals surface area contributed by atoms with E-state index < -0.39 is 0 Å². The molecule has 0 spiro atoms. The number of aromatic nitrogens is 2. The molecular weight excluding hydrogens is 318 g/mol. The molecular formula is C15H18BrN3O. The average molecular weight is 336 g/mol. The fourth-order valence-electron chi connectivity index (χ4n) is 1.72. The van der Waals surface area contributed by atoms with Gasteiger partial charge in [-0.05, 0) is 40.5 Å². The molecule has 1 N–H and O–H groups in total. The molecule has 4 nitrogen and oxygen atoms in total. The molecule has 20 heavy (non-hydrogen) atoms. The molecule has 0 aromatic carbocycles. The summed E-state index contributed by atoms with van der Waals surface area (Å²) >= 11 is 3.38. The average Bonchev–Trinajstić information content (AvgIpc) is 2.40. The highest BCUT2D eigenvalue weighted by molar-refractivity contribution is 9.10. The van der Waals surface area contributed by atoms with Crippen molar-refractivity contribution in [1.82, 2.24) is 15.3 Å². The molecule has 0 saturated heterocycles. The minimum Gasteiger partial charge on any atom is -0.454 e. The summed E-state index contributed by atoms with van der Waals surface area (Å²) in [7, 11) is 0. The highest BCUT2D eigenvalue weighted by Gasteiger charge is 2.06. The zero-order valence-corrected chi connectivity index (χ0v) is 13.2. The number of hydrogen-bond donors (Lipinski definition) is 1. The van der Waals surface area contributed by atoms with Crippen LogP contribution in [0.25, 0.3) is 0 Å². The van der Waals surface area contributed by atoms with Crippen LogP contribution in [0.3, 0.4) is 0 Å². The lowest BCUT2D eigenvalue weighted by molar-refractivity contribution is 0.464. The lowest BCUT2D eigenvalue weighted by Crippen LogP contribution is -2.19. The second kappa shape index (κ2) is 7.36. The third-order valence-corrected chi connectivity index (χ3v) is 3.08. The maximum atomic E-state index is 5.85. The van der Waals surface area contributed by atoms with Gasteiger partial charge in [-0.1, -0.05) is 13.8 Å². The molecule has 2 aromatic rings. The van der Waals surface area contributed by atoms with E-state index in [4.69, 9.17) is 4.74 Å². The summed E-state index contributed by atoms with van der Waals surface area (Å²) in [6.45, 7) is 6.10. The van der Waals surface area contributed by atoms with Crippen LogP contribution in [0.4, 0.5) is 0 Å². The van der Waals surface area contributed by atoms with Gasteiger partial charge in [0.05, 0.1) is 12.4 Å². The third-order valence-electron chi connectivity index (χ3n) is 2.65. The van der Waals surface area contributed by atoms with Crippen molar-refractivity contribution in [2.24, 2.45) is 5.92 Å². The van der Waals surface area contributed by atoms with Crippen LogP contribution in [0.2, 0.25) is 0 Å². The van der Waals surface area contributed by atoms with Crippen molar-refractivity contribution in [2.75, 3.05) is 6.54 Å². The second-order valence-electron chi connectivity index (χ2n) is 4.95. The Labute approximate surface area is 127 Å². The van der Waals surface area contributed by atoms with Gasteiger partial charge in [0.15, 0.2) is 0 Å². The minimum absolute atomic E-state index is 0.621. The molecule has 0 aliphatic carbocycles. The van der Waals surface area contributed by atoms with E-state index in [1.807, 2.05) is 12.1 Å². The summed E-state index contributed by atoms with van der Waals surface area (Å²) in [6, 6.07) is 3.85. The van der Waals surface area contributed by atoms with E-state index in [0.717, 1.165) is 28.9 Å². The van der Waals surface area contributed by atoms with E-state index in [0.29, 0.717) is 11.7 Å². The Bertz CT molecular complexity index is 560. The van der Waals surface area contributed by atoms with Crippen molar-refractivity contribution in [3.8, 4) is 11.5 Å². The predicted molar refractivity (Wildman–Crippen MR) is 82.8 cm³/mol. The lowest BCUT2D eigenvalue weighted by atomic mass is 10.2. The Kier molecular flexibility index (Phi) is 5.49. The topological polar surface area (TPSA) is 47.0 Å². The van der Waals surface area contributed by atoms with Gasteiger partial charge in [-0.3, -0.25) is 9.97 Å². The van der Waals surface area contributed by atoms with Crippen molar-refractivity contribution < 1.29 is 4.74 Å². The smallest absolute Gasteiger partial charge is 0.150 e. The van der Waals surface area contributed by atoms with Crippen LogP contribution in [0.1, 0.15) is 19.4 Å². The first-order valence-corrected chi connectivity index (χ1v) is 7.36. The standard InChI is InChI=1S/C15H18BrN3O/c1-11(2)6-18-7-12-3-4-17-10-15(12)20-14-5-13(16)8-19-9-14/h3-5,8-11,18H,6-7H2,1-2H3. The highest BCUT2D eigenvalue weighted by Crippen LogP contribution is 2.25. The Balaban J connectivity index is 2.07. The summed E-state index contributed by atoms with van der Waals surface area (Å²) in [5, 5.41) is 3.41. The first-order chi connectivity index (χ1) is 9.65. The van der Waals surface area contributed by atoms with E-state index >= 15 is 0 Å². The Morgan fingerprint density at radius 3 is 2.85 bits per heavy atom. The summed E-state index contributed by atoms with van der Waals surface area (Å²) in [5.74, 6) is 2.07. The van der Waals surface area contributed by atoms with Crippen LogP contribution < -0.4 is 10.1 Å². The molecule has 0 atom stereocenters. The van der Waals surface area contributed by atoms with Gasteiger partial charge in [-0.25, -0.2) is 0 Å². The zero-order valence-electron chi connectivity index (χ0n) is 11.6. The van der Waals surface area contributed by atoms with Gasteiger partial charge in [0.1, 0.15) is 11.5 Å². The Morgan fingerprint density at radius 2 is 2.10 bits per heavy atom. The molecule has 2 rings (SSSR count). The molecule has 0 bridgehead atoms. The lowest BCUT2D eigenvalue weighted by Gasteiger charge is -2.12. The Hall–Kier alpha value is -1.46. The molecule has 0 radical (unpaired) electrons. The molecule has 0 saturated carbocycles. The van der Waals surface area contributed by atoms with Gasteiger partial charge in [0, 0.05) is 29.0 Å². The maximum absolute atomic E-state index is 5.85. The fraction of sp³-hybridized carbons (Fsp3) is 0.333. The van der Waals surface area contributed by atoms with Gasteiger partial charge in [0.2, 0.25) is 0 Å². The predicted octanol–water partition coefficient (Wildman–Crippen LogP) is 3.78. The molecule has 0 unspecified atom stereocenters. The van der Waals surface area contributed by atoms with Gasteiger partial charge in [-0.2, -0.15) is 0 Å². The first-order valence-electron chi connectivity index (χ1n) is 6.57. The van der Waals surface area contributed by atoms with Gasteiger partial charge in [0.25, 0.3) is 0 Å². The fourth-order valence-corrected chi connectivity index (χ4v) is 2.06. The van der Waals surface area contributed by atoms with Crippen molar-refractivity contribution in [1.29, 1.82) is 0 Å². The molecule has 0 amide bonds. The number of nitrogens with zero attached hydrogens (tertiary/aromatic N) is 2. The van der Waals surface area contributed by atoms with Crippen LogP contribution in [-0.4, -0.2) is 16.5 Å². The van der Waals surface area contributed by atoms with Crippen molar-refractivity contribution in [3.63, 3.8) is 0 Å². The number of nitrogens with one attached hydrogen (secondary N) is 1. The first kappa shape index (κ1) is 14.9. The van der Waals surface area contributed by atoms with Crippen LogP contribution in [0.5, 0.6) is 11.5 Å². The van der Waals surface area contributed by atoms with Crippen LogP contribution in [0, 0.1) is 5.92 Å². The highest BCUT2D eigenvalue weighted by atomic mass is 79.9. The second-order valence-corrected chi connectivity index (χ2v) is 5.86. The molecule has 0 aliphatic rings. The quantitative estimate of drug-likeness (QED) is 0.872. The molecule has 5 heteroatoms. The van der Waals surface area contributed by atoms with Crippen molar-refractivity contribution in [2.45, 2.75) is 20.4 Å². The number of rotatable bonds is 6. The minimum atomic E-state index is 0.621. The monoisotopic (exact) mass is 335 g/mol. The Morgan fingerprint density at radius 1 is 1.25 bits per heavy atom. The molecule has 0 fully saturated rings. The van der Waals surface area contributed by atoms with Crippen LogP contribution in [0.15, 0.2) is 41.4 Å². The SMILES string of the molecule is CC(C)CNCc1ccncc1Oc1cncc(Br)c1. The van der Waals surface area contributed by atoms with Crippen LogP contribution >= 0.6 is 15.9 Å². The molecule has 2 aromatic heterocycles. The van der Waals surface area contributed by atoms with Crippen molar-refractivity contribution >= 4 is 15.9 Å². The summed E-state index contributed by atoms with van der Waals surface area (Å²) in [4.78, 5) is 8.21. The van der Waals surface area contributed by atoms with Gasteiger partial charge in [-0.15, -0.1) is 0 Å². The number of hydrogen-bond acceptors (Lipinski definition) is 4. The number of halogens is 1. The third kappa shape index (κ3) is 4.58. The van der Waals surface area contributed by atoms with Gasteiger partial charge >= 0.3 is 0 Å². The van der Waals surface area contributed by atoms with E-state index in [1.165, 1.54) is 0 Å². The molecule has 106 valence electrons. The normalized spacial score (nSPS) is 10.8. The van der Waals surface area contributed by atoms with Crippen LogP contribution in [-0.2, 0) is 6.54 Å². The summed E-state index contributed by atoms with van der Waals surface area (Å²) in [5.41, 5.74) is 1.08. The van der Waals surface area contributed by atoms with E-state index in [-0.39, 0.29) is 0 Å². The zero-order chi connectivity index (χ0) is 14.4. The summed E-state index contributed by atoms with van der Waals surface area (Å²) < 4.78 is 6.74. The number of pyridine rings is 2.